The summed E-state index contributed by atoms with van der Waals surface area (Å²) in [6, 6.07) is 15.2. The van der Waals surface area contributed by atoms with Crippen molar-refractivity contribution in [2.24, 2.45) is 0 Å². The summed E-state index contributed by atoms with van der Waals surface area (Å²) in [6.45, 7) is 2.25. The first-order chi connectivity index (χ1) is 8.90. The summed E-state index contributed by atoms with van der Waals surface area (Å²) in [6.07, 6.45) is 8.63. The van der Waals surface area contributed by atoms with Crippen LogP contribution in [0.1, 0.15) is 42.9 Å². The van der Waals surface area contributed by atoms with E-state index in [0.29, 0.717) is 0 Å². The van der Waals surface area contributed by atoms with Crippen molar-refractivity contribution in [1.82, 2.24) is 0 Å². The summed E-state index contributed by atoms with van der Waals surface area (Å²) in [5, 5.41) is 0. The molecule has 3 rings (SSSR count). The predicted molar refractivity (Wildman–Crippen MR) is 76.6 cm³/mol. The third-order valence-corrected chi connectivity index (χ3v) is 3.68. The van der Waals surface area contributed by atoms with E-state index in [1.807, 2.05) is 0 Å². The quantitative estimate of drug-likeness (QED) is 0.564. The normalized spacial score (nSPS) is 12.3. The second kappa shape index (κ2) is 4.97. The summed E-state index contributed by atoms with van der Waals surface area (Å²) in [5.74, 6) is 0. The fraction of sp³-hybridized carbons (Fsp3) is 0.278. The number of aryl methyl sites for hydroxylation is 1. The van der Waals surface area contributed by atoms with E-state index in [0.717, 1.165) is 0 Å². The Morgan fingerprint density at radius 3 is 2.61 bits per heavy atom. The fourth-order valence-corrected chi connectivity index (χ4v) is 2.71. The molecular formula is C18H18. The highest BCUT2D eigenvalue weighted by Gasteiger charge is 2.20. The molecule has 0 spiro atoms. The minimum atomic E-state index is 1.18. The second-order valence-electron chi connectivity index (χ2n) is 4.97. The first-order valence-corrected chi connectivity index (χ1v) is 6.88. The highest BCUT2D eigenvalue weighted by atomic mass is 14.2. The van der Waals surface area contributed by atoms with Crippen molar-refractivity contribution in [3.05, 3.63) is 65.6 Å². The van der Waals surface area contributed by atoms with Gasteiger partial charge in [-0.1, -0.05) is 62.2 Å². The average Bonchev–Trinajstić information content (AvgIpc) is 2.79. The summed E-state index contributed by atoms with van der Waals surface area (Å²) in [5.41, 5.74) is 6.73. The summed E-state index contributed by atoms with van der Waals surface area (Å²) in [4.78, 5) is 0. The molecule has 0 amide bonds. The maximum absolute atomic E-state index is 3.57. The van der Waals surface area contributed by atoms with E-state index >= 15 is 0 Å². The molecule has 0 heteroatoms. The Balaban J connectivity index is 1.93. The fourth-order valence-electron chi connectivity index (χ4n) is 2.71. The van der Waals surface area contributed by atoms with Crippen LogP contribution in [-0.4, -0.2) is 0 Å². The Kier molecular flexibility index (Phi) is 3.19. The van der Waals surface area contributed by atoms with E-state index in [1.54, 1.807) is 0 Å². The van der Waals surface area contributed by atoms with E-state index in [9.17, 15) is 0 Å². The molecule has 0 nitrogen and oxygen atoms in total. The van der Waals surface area contributed by atoms with Gasteiger partial charge in [-0.05, 0) is 40.7 Å². The van der Waals surface area contributed by atoms with Crippen LogP contribution in [0.4, 0.5) is 0 Å². The SMILES string of the molecule is CCCCCc1cccc2c1[C]c1ccccc1-2. The standard InChI is InChI=1S/C18H18/c1-2-3-4-8-14-10-7-12-17-16-11-6-5-9-15(16)13-18(14)17/h5-7,9-12H,2-4,8H2,1H3. The van der Waals surface area contributed by atoms with Crippen molar-refractivity contribution >= 4 is 0 Å². The summed E-state index contributed by atoms with van der Waals surface area (Å²) >= 11 is 0. The van der Waals surface area contributed by atoms with E-state index in [-0.39, 0.29) is 0 Å². The molecule has 0 heterocycles. The van der Waals surface area contributed by atoms with Crippen LogP contribution in [0.5, 0.6) is 0 Å². The largest absolute Gasteiger partial charge is 0.0654 e. The van der Waals surface area contributed by atoms with Gasteiger partial charge in [-0.2, -0.15) is 0 Å². The Bertz CT molecular complexity index is 552. The van der Waals surface area contributed by atoms with Gasteiger partial charge in [-0.25, -0.2) is 0 Å². The van der Waals surface area contributed by atoms with Gasteiger partial charge in [0.15, 0.2) is 0 Å². The van der Waals surface area contributed by atoms with Gasteiger partial charge in [0.1, 0.15) is 0 Å². The minimum absolute atomic E-state index is 1.18. The summed E-state index contributed by atoms with van der Waals surface area (Å²) < 4.78 is 0. The topological polar surface area (TPSA) is 0 Å². The van der Waals surface area contributed by atoms with Gasteiger partial charge >= 0.3 is 0 Å². The van der Waals surface area contributed by atoms with E-state index in [2.05, 4.69) is 55.8 Å². The van der Waals surface area contributed by atoms with Gasteiger partial charge in [-0.15, -0.1) is 0 Å². The van der Waals surface area contributed by atoms with E-state index < -0.39 is 0 Å². The number of hydrogen-bond acceptors (Lipinski definition) is 0. The lowest BCUT2D eigenvalue weighted by Gasteiger charge is -2.07. The molecule has 2 radical (unpaired) electrons. The smallest absolute Gasteiger partial charge is 0.0517 e. The average molecular weight is 234 g/mol. The Morgan fingerprint density at radius 1 is 0.889 bits per heavy atom. The second-order valence-corrected chi connectivity index (χ2v) is 4.97. The maximum atomic E-state index is 3.57. The molecule has 90 valence electrons. The van der Waals surface area contributed by atoms with Crippen LogP contribution in [0.15, 0.2) is 42.5 Å². The van der Waals surface area contributed by atoms with Crippen molar-refractivity contribution in [1.29, 1.82) is 0 Å². The molecule has 0 fully saturated rings. The van der Waals surface area contributed by atoms with Crippen molar-refractivity contribution in [3.8, 4) is 11.1 Å². The molecule has 2 aromatic carbocycles. The third kappa shape index (κ3) is 1.96. The Morgan fingerprint density at radius 2 is 1.72 bits per heavy atom. The lowest BCUT2D eigenvalue weighted by Crippen LogP contribution is -1.92. The first kappa shape index (κ1) is 11.5. The van der Waals surface area contributed by atoms with Crippen LogP contribution >= 0.6 is 0 Å². The zero-order valence-corrected chi connectivity index (χ0v) is 10.9. The molecule has 0 bridgehead atoms. The van der Waals surface area contributed by atoms with Crippen molar-refractivity contribution in [2.45, 2.75) is 32.6 Å². The van der Waals surface area contributed by atoms with Crippen LogP contribution in [0.2, 0.25) is 0 Å². The molecule has 0 aromatic heterocycles. The minimum Gasteiger partial charge on any atom is -0.0654 e. The monoisotopic (exact) mass is 234 g/mol. The lowest BCUT2D eigenvalue weighted by molar-refractivity contribution is 0.716. The molecular weight excluding hydrogens is 216 g/mol. The van der Waals surface area contributed by atoms with Gasteiger partial charge in [0.2, 0.25) is 0 Å². The highest BCUT2D eigenvalue weighted by Crippen LogP contribution is 2.39. The molecule has 2 aromatic rings. The maximum Gasteiger partial charge on any atom is 0.0517 e. The lowest BCUT2D eigenvalue weighted by atomic mass is 9.97. The van der Waals surface area contributed by atoms with Crippen molar-refractivity contribution in [3.63, 3.8) is 0 Å². The number of benzene rings is 2. The van der Waals surface area contributed by atoms with Crippen molar-refractivity contribution < 1.29 is 0 Å². The number of unbranched alkanes of at least 4 members (excludes halogenated alkanes) is 2. The zero-order chi connectivity index (χ0) is 12.4. The number of fused-ring (bicyclic) bond motifs is 3. The van der Waals surface area contributed by atoms with Crippen LogP contribution in [0.25, 0.3) is 11.1 Å². The molecule has 0 atom stereocenters. The van der Waals surface area contributed by atoms with E-state index in [4.69, 9.17) is 0 Å². The molecule has 18 heavy (non-hydrogen) atoms. The summed E-state index contributed by atoms with van der Waals surface area (Å²) in [7, 11) is 0. The van der Waals surface area contributed by atoms with Gasteiger partial charge in [-0.3, -0.25) is 0 Å². The van der Waals surface area contributed by atoms with Crippen molar-refractivity contribution in [2.75, 3.05) is 0 Å². The van der Waals surface area contributed by atoms with Crippen LogP contribution in [0, 0.1) is 6.42 Å². The van der Waals surface area contributed by atoms with Gasteiger partial charge < -0.3 is 0 Å². The highest BCUT2D eigenvalue weighted by molar-refractivity contribution is 5.82. The van der Waals surface area contributed by atoms with Crippen LogP contribution in [0.3, 0.4) is 0 Å². The van der Waals surface area contributed by atoms with Gasteiger partial charge in [0.25, 0.3) is 0 Å². The molecule has 0 N–H and O–H groups in total. The molecule has 0 aliphatic heterocycles. The van der Waals surface area contributed by atoms with Gasteiger partial charge in [0, 0.05) is 0 Å². The number of hydrogen-bond donors (Lipinski definition) is 0. The number of rotatable bonds is 4. The molecule has 1 aliphatic rings. The van der Waals surface area contributed by atoms with Crippen LogP contribution < -0.4 is 0 Å². The Hall–Kier alpha value is -1.56. The third-order valence-electron chi connectivity index (χ3n) is 3.68. The Labute approximate surface area is 110 Å². The molecule has 0 saturated heterocycles. The molecule has 0 unspecified atom stereocenters. The molecule has 0 saturated carbocycles. The van der Waals surface area contributed by atoms with Crippen LogP contribution in [-0.2, 0) is 6.42 Å². The van der Waals surface area contributed by atoms with Gasteiger partial charge in [0.05, 0.1) is 6.42 Å². The predicted octanol–water partition coefficient (Wildman–Crippen LogP) is 4.88. The van der Waals surface area contributed by atoms with E-state index in [1.165, 1.54) is 53.5 Å². The first-order valence-electron chi connectivity index (χ1n) is 6.88. The zero-order valence-electron chi connectivity index (χ0n) is 10.9. The molecule has 1 aliphatic carbocycles.